The van der Waals surface area contributed by atoms with E-state index in [1.807, 2.05) is 18.9 Å². The molecule has 0 radical (unpaired) electrons. The molecule has 7 nitrogen and oxygen atoms in total. The molecule has 2 rings (SSSR count). The van der Waals surface area contributed by atoms with Crippen molar-refractivity contribution >= 4 is 12.0 Å². The van der Waals surface area contributed by atoms with Crippen molar-refractivity contribution in [1.82, 2.24) is 4.90 Å². The summed E-state index contributed by atoms with van der Waals surface area (Å²) in [6.07, 6.45) is 1.69. The standard InChI is InChI=1S/C17H23N3O4/c1-3-20(2)13-19-15-11-17-16(10-14(15)12-18)23-8-6-21-4-5-22-7-9-24-17/h10-11,13H,3-9H2,1-2H3. The fourth-order valence-corrected chi connectivity index (χ4v) is 1.96. The molecular formula is C17H23N3O4. The van der Waals surface area contributed by atoms with Crippen LogP contribution in [0.25, 0.3) is 0 Å². The molecule has 7 heteroatoms. The molecule has 0 spiro atoms. The molecule has 130 valence electrons. The van der Waals surface area contributed by atoms with Crippen LogP contribution >= 0.6 is 0 Å². The highest BCUT2D eigenvalue weighted by Gasteiger charge is 2.13. The van der Waals surface area contributed by atoms with Gasteiger partial charge in [-0.25, -0.2) is 4.99 Å². The minimum atomic E-state index is 0.377. The summed E-state index contributed by atoms with van der Waals surface area (Å²) in [6.45, 7) is 5.58. The van der Waals surface area contributed by atoms with E-state index in [4.69, 9.17) is 18.9 Å². The Morgan fingerprint density at radius 3 is 2.25 bits per heavy atom. The molecule has 1 aromatic carbocycles. The van der Waals surface area contributed by atoms with Gasteiger partial charge in [-0.2, -0.15) is 5.26 Å². The van der Waals surface area contributed by atoms with Crippen molar-refractivity contribution in [2.45, 2.75) is 6.92 Å². The maximum Gasteiger partial charge on any atom is 0.163 e. The second-order valence-electron chi connectivity index (χ2n) is 5.17. The molecular weight excluding hydrogens is 310 g/mol. The lowest BCUT2D eigenvalue weighted by atomic mass is 10.1. The number of fused-ring (bicyclic) bond motifs is 1. The van der Waals surface area contributed by atoms with Gasteiger partial charge < -0.3 is 23.8 Å². The lowest BCUT2D eigenvalue weighted by Crippen LogP contribution is -2.16. The number of benzene rings is 1. The molecule has 0 saturated heterocycles. The predicted octanol–water partition coefficient (Wildman–Crippen LogP) is 1.97. The largest absolute Gasteiger partial charge is 0.487 e. The van der Waals surface area contributed by atoms with Crippen molar-refractivity contribution in [3.63, 3.8) is 0 Å². The maximum absolute atomic E-state index is 9.37. The van der Waals surface area contributed by atoms with Gasteiger partial charge in [0.05, 0.1) is 44.0 Å². The van der Waals surface area contributed by atoms with E-state index in [-0.39, 0.29) is 0 Å². The van der Waals surface area contributed by atoms with Crippen LogP contribution in [-0.2, 0) is 9.47 Å². The summed E-state index contributed by atoms with van der Waals surface area (Å²) in [4.78, 5) is 6.29. The van der Waals surface area contributed by atoms with Crippen LogP contribution in [0.3, 0.4) is 0 Å². The van der Waals surface area contributed by atoms with E-state index in [9.17, 15) is 5.26 Å². The van der Waals surface area contributed by atoms with Gasteiger partial charge in [0.25, 0.3) is 0 Å². The average molecular weight is 333 g/mol. The molecule has 0 amide bonds. The van der Waals surface area contributed by atoms with Gasteiger partial charge in [-0.3, -0.25) is 0 Å². The lowest BCUT2D eigenvalue weighted by molar-refractivity contribution is 0.0223. The Balaban J connectivity index is 2.26. The Morgan fingerprint density at radius 2 is 1.67 bits per heavy atom. The number of hydrogen-bond donors (Lipinski definition) is 0. The number of aliphatic imine (C=N–C) groups is 1. The highest BCUT2D eigenvalue weighted by molar-refractivity contribution is 5.68. The molecule has 0 fully saturated rings. The van der Waals surface area contributed by atoms with Crippen LogP contribution in [-0.4, -0.2) is 64.5 Å². The lowest BCUT2D eigenvalue weighted by Gasteiger charge is -2.16. The van der Waals surface area contributed by atoms with Gasteiger partial charge in [0, 0.05) is 25.7 Å². The number of rotatable bonds is 3. The van der Waals surface area contributed by atoms with E-state index in [0.717, 1.165) is 6.54 Å². The fraction of sp³-hybridized carbons (Fsp3) is 0.529. The van der Waals surface area contributed by atoms with E-state index in [1.54, 1.807) is 18.5 Å². The number of nitriles is 1. The third-order valence-electron chi connectivity index (χ3n) is 3.42. The van der Waals surface area contributed by atoms with Crippen LogP contribution in [0.2, 0.25) is 0 Å². The van der Waals surface area contributed by atoms with E-state index in [0.29, 0.717) is 62.4 Å². The van der Waals surface area contributed by atoms with E-state index in [1.165, 1.54) is 0 Å². The van der Waals surface area contributed by atoms with Crippen LogP contribution in [0, 0.1) is 11.3 Å². The molecule has 0 bridgehead atoms. The van der Waals surface area contributed by atoms with Crippen LogP contribution in [0.4, 0.5) is 5.69 Å². The zero-order valence-electron chi connectivity index (χ0n) is 14.2. The number of ether oxygens (including phenoxy) is 4. The first-order chi connectivity index (χ1) is 11.7. The SMILES string of the molecule is CCN(C)C=Nc1cc2c(cc1C#N)OCCOCCOCCO2. The van der Waals surface area contributed by atoms with Crippen molar-refractivity contribution < 1.29 is 18.9 Å². The van der Waals surface area contributed by atoms with Crippen molar-refractivity contribution in [3.8, 4) is 17.6 Å². The first kappa shape index (κ1) is 18.0. The number of nitrogens with zero attached hydrogens (tertiary/aromatic N) is 3. The summed E-state index contributed by atoms with van der Waals surface area (Å²) in [5.41, 5.74) is 0.978. The Labute approximate surface area is 142 Å². The van der Waals surface area contributed by atoms with Crippen LogP contribution in [0.1, 0.15) is 12.5 Å². The minimum absolute atomic E-state index is 0.377. The minimum Gasteiger partial charge on any atom is -0.487 e. The highest BCUT2D eigenvalue weighted by Crippen LogP contribution is 2.35. The Morgan fingerprint density at radius 1 is 1.08 bits per heavy atom. The number of hydrogen-bond acceptors (Lipinski definition) is 6. The van der Waals surface area contributed by atoms with Crippen molar-refractivity contribution in [2.75, 3.05) is 53.2 Å². The highest BCUT2D eigenvalue weighted by atomic mass is 16.6. The Hall–Kier alpha value is -2.30. The van der Waals surface area contributed by atoms with Crippen molar-refractivity contribution in [1.29, 1.82) is 5.26 Å². The van der Waals surface area contributed by atoms with Gasteiger partial charge in [0.1, 0.15) is 19.3 Å². The third kappa shape index (κ3) is 5.41. The third-order valence-corrected chi connectivity index (χ3v) is 3.42. The van der Waals surface area contributed by atoms with Crippen LogP contribution in [0.15, 0.2) is 17.1 Å². The summed E-state index contributed by atoms with van der Waals surface area (Å²) in [6, 6.07) is 5.53. The molecule has 0 atom stereocenters. The predicted molar refractivity (Wildman–Crippen MR) is 90.2 cm³/mol. The van der Waals surface area contributed by atoms with Crippen LogP contribution < -0.4 is 9.47 Å². The maximum atomic E-state index is 9.37. The molecule has 0 unspecified atom stereocenters. The quantitative estimate of drug-likeness (QED) is 0.622. The molecule has 1 aliphatic rings. The summed E-state index contributed by atoms with van der Waals surface area (Å²) in [7, 11) is 1.92. The monoisotopic (exact) mass is 333 g/mol. The van der Waals surface area contributed by atoms with E-state index < -0.39 is 0 Å². The molecule has 1 heterocycles. The normalized spacial score (nSPS) is 16.0. The van der Waals surface area contributed by atoms with Gasteiger partial charge in [-0.05, 0) is 6.92 Å². The van der Waals surface area contributed by atoms with E-state index >= 15 is 0 Å². The van der Waals surface area contributed by atoms with Gasteiger partial charge in [-0.15, -0.1) is 0 Å². The topological polar surface area (TPSA) is 76.3 Å². The first-order valence-corrected chi connectivity index (χ1v) is 7.98. The van der Waals surface area contributed by atoms with Gasteiger partial charge in [0.2, 0.25) is 0 Å². The fourth-order valence-electron chi connectivity index (χ4n) is 1.96. The van der Waals surface area contributed by atoms with Gasteiger partial charge >= 0.3 is 0 Å². The molecule has 0 aliphatic carbocycles. The summed E-state index contributed by atoms with van der Waals surface area (Å²) in [5.74, 6) is 1.06. The second kappa shape index (κ2) is 9.75. The van der Waals surface area contributed by atoms with Crippen molar-refractivity contribution in [3.05, 3.63) is 17.7 Å². The molecule has 0 N–H and O–H groups in total. The Bertz CT molecular complexity index is 598. The zero-order chi connectivity index (χ0) is 17.2. The molecule has 1 aromatic rings. The van der Waals surface area contributed by atoms with Gasteiger partial charge in [-0.1, -0.05) is 0 Å². The summed E-state index contributed by atoms with van der Waals surface area (Å²) < 4.78 is 22.3. The smallest absolute Gasteiger partial charge is 0.163 e. The first-order valence-electron chi connectivity index (χ1n) is 7.98. The second-order valence-corrected chi connectivity index (χ2v) is 5.17. The average Bonchev–Trinajstić information content (AvgIpc) is 2.60. The summed E-state index contributed by atoms with van der Waals surface area (Å²) in [5, 5.41) is 9.37. The molecule has 24 heavy (non-hydrogen) atoms. The summed E-state index contributed by atoms with van der Waals surface area (Å²) >= 11 is 0. The zero-order valence-corrected chi connectivity index (χ0v) is 14.2. The molecule has 1 aliphatic heterocycles. The van der Waals surface area contributed by atoms with Crippen LogP contribution in [0.5, 0.6) is 11.5 Å². The molecule has 0 saturated carbocycles. The Kier molecular flexibility index (Phi) is 7.33. The van der Waals surface area contributed by atoms with E-state index in [2.05, 4.69) is 11.1 Å². The molecule has 0 aromatic heterocycles. The van der Waals surface area contributed by atoms with Gasteiger partial charge in [0.15, 0.2) is 11.5 Å². The van der Waals surface area contributed by atoms with Crippen molar-refractivity contribution in [2.24, 2.45) is 4.99 Å².